The minimum Gasteiger partial charge on any atom is -0.492 e. The Morgan fingerprint density at radius 1 is 1.10 bits per heavy atom. The molecule has 1 atom stereocenters. The SMILES string of the molecule is CCCOc1cncc(C(NCC)c2ccc(C)cc2)c1. The van der Waals surface area contributed by atoms with Gasteiger partial charge in [0.15, 0.2) is 0 Å². The van der Waals surface area contributed by atoms with Gasteiger partial charge in [-0.3, -0.25) is 4.98 Å². The van der Waals surface area contributed by atoms with E-state index in [-0.39, 0.29) is 6.04 Å². The lowest BCUT2D eigenvalue weighted by Crippen LogP contribution is -2.22. The molecule has 0 aliphatic heterocycles. The molecular formula is C18H24N2O. The molecule has 3 nitrogen and oxygen atoms in total. The highest BCUT2D eigenvalue weighted by Gasteiger charge is 2.14. The Bertz CT molecular complexity index is 551. The van der Waals surface area contributed by atoms with Gasteiger partial charge >= 0.3 is 0 Å². The standard InChI is InChI=1S/C18H24N2O/c1-4-10-21-17-11-16(12-19-13-17)18(20-5-2)15-8-6-14(3)7-9-15/h6-9,11-13,18,20H,4-5,10H2,1-3H3. The van der Waals surface area contributed by atoms with Crippen LogP contribution >= 0.6 is 0 Å². The topological polar surface area (TPSA) is 34.1 Å². The first-order valence-electron chi connectivity index (χ1n) is 7.62. The molecule has 1 heterocycles. The maximum absolute atomic E-state index is 5.69. The first-order valence-corrected chi connectivity index (χ1v) is 7.62. The average molecular weight is 284 g/mol. The van der Waals surface area contributed by atoms with E-state index in [4.69, 9.17) is 4.74 Å². The van der Waals surface area contributed by atoms with E-state index in [1.807, 2.05) is 6.20 Å². The van der Waals surface area contributed by atoms with E-state index in [0.29, 0.717) is 0 Å². The molecule has 21 heavy (non-hydrogen) atoms. The molecule has 0 fully saturated rings. The number of aryl methyl sites for hydroxylation is 1. The lowest BCUT2D eigenvalue weighted by Gasteiger charge is -2.19. The van der Waals surface area contributed by atoms with Gasteiger partial charge in [0.2, 0.25) is 0 Å². The second-order valence-electron chi connectivity index (χ2n) is 5.20. The van der Waals surface area contributed by atoms with Crippen LogP contribution in [-0.4, -0.2) is 18.1 Å². The van der Waals surface area contributed by atoms with Crippen molar-refractivity contribution in [3.05, 3.63) is 59.4 Å². The minimum absolute atomic E-state index is 0.147. The number of hydrogen-bond donors (Lipinski definition) is 1. The predicted octanol–water partition coefficient (Wildman–Crippen LogP) is 3.88. The quantitative estimate of drug-likeness (QED) is 0.838. The van der Waals surface area contributed by atoms with E-state index < -0.39 is 0 Å². The molecule has 2 aromatic rings. The van der Waals surface area contributed by atoms with Crippen LogP contribution in [-0.2, 0) is 0 Å². The molecule has 0 amide bonds. The van der Waals surface area contributed by atoms with Crippen molar-refractivity contribution in [1.29, 1.82) is 0 Å². The van der Waals surface area contributed by atoms with E-state index in [1.165, 1.54) is 11.1 Å². The van der Waals surface area contributed by atoms with Crippen molar-refractivity contribution in [2.24, 2.45) is 0 Å². The van der Waals surface area contributed by atoms with E-state index in [0.717, 1.165) is 30.9 Å². The molecule has 1 aromatic heterocycles. The van der Waals surface area contributed by atoms with Gasteiger partial charge in [-0.05, 0) is 37.1 Å². The van der Waals surface area contributed by atoms with Crippen LogP contribution in [0.2, 0.25) is 0 Å². The van der Waals surface area contributed by atoms with Crippen LogP contribution in [0, 0.1) is 6.92 Å². The first-order chi connectivity index (χ1) is 10.2. The summed E-state index contributed by atoms with van der Waals surface area (Å²) in [6.45, 7) is 7.95. The minimum atomic E-state index is 0.147. The van der Waals surface area contributed by atoms with Gasteiger partial charge in [0, 0.05) is 6.20 Å². The van der Waals surface area contributed by atoms with Crippen LogP contribution in [0.5, 0.6) is 5.75 Å². The molecule has 0 bridgehead atoms. The van der Waals surface area contributed by atoms with Crippen molar-refractivity contribution in [2.45, 2.75) is 33.2 Å². The van der Waals surface area contributed by atoms with E-state index in [1.54, 1.807) is 6.20 Å². The highest BCUT2D eigenvalue weighted by atomic mass is 16.5. The first kappa shape index (κ1) is 15.5. The summed E-state index contributed by atoms with van der Waals surface area (Å²) in [5.74, 6) is 0.837. The summed E-state index contributed by atoms with van der Waals surface area (Å²) < 4.78 is 5.69. The van der Waals surface area contributed by atoms with Crippen molar-refractivity contribution in [3.8, 4) is 5.75 Å². The zero-order valence-electron chi connectivity index (χ0n) is 13.1. The Morgan fingerprint density at radius 3 is 2.52 bits per heavy atom. The molecule has 0 spiro atoms. The Kier molecular flexibility index (Phi) is 5.76. The molecule has 0 radical (unpaired) electrons. The van der Waals surface area contributed by atoms with Crippen molar-refractivity contribution >= 4 is 0 Å². The summed E-state index contributed by atoms with van der Waals surface area (Å²) in [4.78, 5) is 4.32. The average Bonchev–Trinajstić information content (AvgIpc) is 2.52. The number of nitrogens with one attached hydrogen (secondary N) is 1. The number of ether oxygens (including phenoxy) is 1. The second kappa shape index (κ2) is 7.79. The lowest BCUT2D eigenvalue weighted by atomic mass is 9.99. The number of hydrogen-bond acceptors (Lipinski definition) is 3. The zero-order chi connectivity index (χ0) is 15.1. The highest BCUT2D eigenvalue weighted by molar-refractivity contribution is 5.35. The van der Waals surface area contributed by atoms with Crippen molar-refractivity contribution in [3.63, 3.8) is 0 Å². The Hall–Kier alpha value is -1.87. The lowest BCUT2D eigenvalue weighted by molar-refractivity contribution is 0.315. The third-order valence-electron chi connectivity index (χ3n) is 3.36. The molecule has 112 valence electrons. The smallest absolute Gasteiger partial charge is 0.137 e. The largest absolute Gasteiger partial charge is 0.492 e. The highest BCUT2D eigenvalue weighted by Crippen LogP contribution is 2.24. The molecule has 0 aliphatic carbocycles. The Labute approximate surface area is 127 Å². The molecular weight excluding hydrogens is 260 g/mol. The third-order valence-corrected chi connectivity index (χ3v) is 3.36. The number of nitrogens with zero attached hydrogens (tertiary/aromatic N) is 1. The molecule has 0 saturated carbocycles. The fraction of sp³-hybridized carbons (Fsp3) is 0.389. The van der Waals surface area contributed by atoms with Gasteiger partial charge in [0.25, 0.3) is 0 Å². The molecule has 3 heteroatoms. The van der Waals surface area contributed by atoms with Crippen LogP contribution in [0.4, 0.5) is 0 Å². The number of benzene rings is 1. The zero-order valence-corrected chi connectivity index (χ0v) is 13.1. The van der Waals surface area contributed by atoms with Gasteiger partial charge in [0.1, 0.15) is 5.75 Å². The van der Waals surface area contributed by atoms with Crippen molar-refractivity contribution in [1.82, 2.24) is 10.3 Å². The monoisotopic (exact) mass is 284 g/mol. The van der Waals surface area contributed by atoms with Crippen LogP contribution in [0.3, 0.4) is 0 Å². The maximum atomic E-state index is 5.69. The third kappa shape index (κ3) is 4.30. The fourth-order valence-corrected chi connectivity index (χ4v) is 2.28. The molecule has 2 rings (SSSR count). The normalized spacial score (nSPS) is 12.1. The molecule has 0 aliphatic rings. The van der Waals surface area contributed by atoms with Crippen LogP contribution in [0.1, 0.15) is 43.0 Å². The number of rotatable bonds is 7. The van der Waals surface area contributed by atoms with E-state index >= 15 is 0 Å². The van der Waals surface area contributed by atoms with E-state index in [2.05, 4.69) is 61.4 Å². The molecule has 1 N–H and O–H groups in total. The van der Waals surface area contributed by atoms with Gasteiger partial charge < -0.3 is 10.1 Å². The van der Waals surface area contributed by atoms with Crippen LogP contribution in [0.15, 0.2) is 42.7 Å². The van der Waals surface area contributed by atoms with Gasteiger partial charge in [-0.2, -0.15) is 0 Å². The summed E-state index contributed by atoms with van der Waals surface area (Å²) in [5.41, 5.74) is 3.65. The van der Waals surface area contributed by atoms with Gasteiger partial charge in [-0.1, -0.05) is 43.7 Å². The molecule has 0 saturated heterocycles. The molecule has 1 unspecified atom stereocenters. The Morgan fingerprint density at radius 2 is 1.86 bits per heavy atom. The fourth-order valence-electron chi connectivity index (χ4n) is 2.28. The summed E-state index contributed by atoms with van der Waals surface area (Å²) in [7, 11) is 0. The van der Waals surface area contributed by atoms with Gasteiger partial charge in [-0.15, -0.1) is 0 Å². The summed E-state index contributed by atoms with van der Waals surface area (Å²) in [5, 5.41) is 3.52. The molecule has 1 aromatic carbocycles. The summed E-state index contributed by atoms with van der Waals surface area (Å²) in [6, 6.07) is 10.9. The predicted molar refractivity (Wildman–Crippen MR) is 86.7 cm³/mol. The van der Waals surface area contributed by atoms with Gasteiger partial charge in [-0.25, -0.2) is 0 Å². The van der Waals surface area contributed by atoms with Crippen LogP contribution < -0.4 is 10.1 Å². The van der Waals surface area contributed by atoms with Crippen molar-refractivity contribution in [2.75, 3.05) is 13.2 Å². The van der Waals surface area contributed by atoms with Crippen molar-refractivity contribution < 1.29 is 4.74 Å². The summed E-state index contributed by atoms with van der Waals surface area (Å²) in [6.07, 6.45) is 4.68. The Balaban J connectivity index is 2.27. The number of pyridine rings is 1. The van der Waals surface area contributed by atoms with E-state index in [9.17, 15) is 0 Å². The van der Waals surface area contributed by atoms with Gasteiger partial charge in [0.05, 0.1) is 18.8 Å². The maximum Gasteiger partial charge on any atom is 0.137 e. The second-order valence-corrected chi connectivity index (χ2v) is 5.20. The van der Waals surface area contributed by atoms with Crippen LogP contribution in [0.25, 0.3) is 0 Å². The summed E-state index contributed by atoms with van der Waals surface area (Å²) >= 11 is 0. The number of aromatic nitrogens is 1.